The van der Waals surface area contributed by atoms with E-state index in [1.807, 2.05) is 18.2 Å². The monoisotopic (exact) mass is 471 g/mol. The molecule has 0 radical (unpaired) electrons. The van der Waals surface area contributed by atoms with Gasteiger partial charge in [0.1, 0.15) is 12.4 Å². The lowest BCUT2D eigenvalue weighted by Crippen LogP contribution is -1.99. The molecule has 0 N–H and O–H groups in total. The van der Waals surface area contributed by atoms with Crippen LogP contribution in [0, 0.1) is 17.1 Å². The highest BCUT2D eigenvalue weighted by Crippen LogP contribution is 2.38. The molecule has 3 aromatic carbocycles. The first-order chi connectivity index (χ1) is 14.0. The van der Waals surface area contributed by atoms with E-state index < -0.39 is 0 Å². The summed E-state index contributed by atoms with van der Waals surface area (Å²) < 4.78 is 25.1. The summed E-state index contributed by atoms with van der Waals surface area (Å²) in [7, 11) is 1.54. The zero-order valence-corrected chi connectivity index (χ0v) is 17.8. The number of nitrogens with zero attached hydrogens (tertiary/aromatic N) is 1. The Bertz CT molecular complexity index is 1090. The van der Waals surface area contributed by atoms with Gasteiger partial charge in [-0.05, 0) is 63.5 Å². The Morgan fingerprint density at radius 2 is 1.90 bits per heavy atom. The molecule has 146 valence electrons. The molecule has 0 amide bonds. The first-order valence-corrected chi connectivity index (χ1v) is 9.80. The van der Waals surface area contributed by atoms with Crippen LogP contribution in [0.5, 0.6) is 11.5 Å². The number of nitriles is 1. The zero-order valence-electron chi connectivity index (χ0n) is 15.5. The quantitative estimate of drug-likeness (QED) is 0.290. The highest BCUT2D eigenvalue weighted by atomic mass is 79.9. The molecule has 3 nitrogen and oxygen atoms in total. The second-order valence-electron chi connectivity index (χ2n) is 6.10. The summed E-state index contributed by atoms with van der Waals surface area (Å²) >= 11 is 9.72. The highest BCUT2D eigenvalue weighted by molar-refractivity contribution is 9.10. The number of hydrogen-bond acceptors (Lipinski definition) is 3. The summed E-state index contributed by atoms with van der Waals surface area (Å²) in [5, 5.41) is 10.1. The lowest BCUT2D eigenvalue weighted by atomic mass is 10.0. The van der Waals surface area contributed by atoms with Gasteiger partial charge in [0, 0.05) is 10.6 Å². The highest BCUT2D eigenvalue weighted by Gasteiger charge is 2.13. The molecule has 0 saturated heterocycles. The lowest BCUT2D eigenvalue weighted by molar-refractivity contribution is 0.282. The van der Waals surface area contributed by atoms with Gasteiger partial charge >= 0.3 is 0 Å². The van der Waals surface area contributed by atoms with Crippen LogP contribution in [0.1, 0.15) is 16.7 Å². The van der Waals surface area contributed by atoms with Crippen molar-refractivity contribution in [1.29, 1.82) is 5.26 Å². The summed E-state index contributed by atoms with van der Waals surface area (Å²) in [6.45, 7) is 0.257. The smallest absolute Gasteiger partial charge is 0.175 e. The summed E-state index contributed by atoms with van der Waals surface area (Å²) in [6.07, 6.45) is 1.73. The molecule has 0 aliphatic rings. The van der Waals surface area contributed by atoms with Crippen molar-refractivity contribution >= 4 is 39.2 Å². The van der Waals surface area contributed by atoms with E-state index in [9.17, 15) is 9.65 Å². The molecule has 0 saturated carbocycles. The van der Waals surface area contributed by atoms with Crippen LogP contribution < -0.4 is 9.47 Å². The maximum atomic E-state index is 13.1. The van der Waals surface area contributed by atoms with Crippen LogP contribution in [0.15, 0.2) is 65.1 Å². The van der Waals surface area contributed by atoms with Crippen molar-refractivity contribution in [2.75, 3.05) is 7.11 Å². The summed E-state index contributed by atoms with van der Waals surface area (Å²) in [6, 6.07) is 19.1. The Labute approximate surface area is 182 Å². The molecule has 0 aliphatic carbocycles. The van der Waals surface area contributed by atoms with Crippen molar-refractivity contribution in [1.82, 2.24) is 0 Å². The first-order valence-electron chi connectivity index (χ1n) is 8.63. The fourth-order valence-electron chi connectivity index (χ4n) is 2.72. The van der Waals surface area contributed by atoms with Crippen molar-refractivity contribution in [2.45, 2.75) is 6.61 Å². The Balaban J connectivity index is 1.90. The fourth-order valence-corrected chi connectivity index (χ4v) is 3.53. The van der Waals surface area contributed by atoms with E-state index in [-0.39, 0.29) is 12.4 Å². The van der Waals surface area contributed by atoms with Crippen LogP contribution in [0.4, 0.5) is 4.39 Å². The average molecular weight is 473 g/mol. The Morgan fingerprint density at radius 1 is 1.17 bits per heavy atom. The molecule has 0 atom stereocenters. The molecular weight excluding hydrogens is 457 g/mol. The van der Waals surface area contributed by atoms with Crippen molar-refractivity contribution in [3.63, 3.8) is 0 Å². The average Bonchev–Trinajstić information content (AvgIpc) is 2.72. The van der Waals surface area contributed by atoms with Gasteiger partial charge in [0.2, 0.25) is 0 Å². The normalized spacial score (nSPS) is 11.1. The van der Waals surface area contributed by atoms with Gasteiger partial charge in [-0.25, -0.2) is 4.39 Å². The van der Waals surface area contributed by atoms with E-state index in [1.165, 1.54) is 12.1 Å². The number of halogens is 3. The molecule has 0 aromatic heterocycles. The Kier molecular flexibility index (Phi) is 6.92. The predicted molar refractivity (Wildman–Crippen MR) is 116 cm³/mol. The van der Waals surface area contributed by atoms with Crippen LogP contribution in [0.25, 0.3) is 11.6 Å². The number of allylic oxidation sites excluding steroid dienone is 1. The standard InChI is InChI=1S/C23H16BrClFNO2/c1-28-22-12-16(10-17(13-27)19-4-2-3-5-21(19)25)11-20(24)23(22)29-14-15-6-8-18(26)9-7-15/h2-12H,14H2,1H3. The van der Waals surface area contributed by atoms with Crippen LogP contribution >= 0.6 is 27.5 Å². The van der Waals surface area contributed by atoms with Gasteiger partial charge in [0.15, 0.2) is 11.5 Å². The van der Waals surface area contributed by atoms with Gasteiger partial charge in [-0.15, -0.1) is 0 Å². The minimum Gasteiger partial charge on any atom is -0.493 e. The molecule has 0 fully saturated rings. The molecule has 0 heterocycles. The van der Waals surface area contributed by atoms with Gasteiger partial charge in [-0.1, -0.05) is 41.9 Å². The van der Waals surface area contributed by atoms with Gasteiger partial charge in [0.25, 0.3) is 0 Å². The van der Waals surface area contributed by atoms with Crippen LogP contribution in [-0.4, -0.2) is 7.11 Å². The van der Waals surface area contributed by atoms with E-state index in [4.69, 9.17) is 21.1 Å². The molecule has 6 heteroatoms. The molecule has 29 heavy (non-hydrogen) atoms. The molecule has 0 unspecified atom stereocenters. The largest absolute Gasteiger partial charge is 0.493 e. The van der Waals surface area contributed by atoms with Gasteiger partial charge in [-0.3, -0.25) is 0 Å². The summed E-state index contributed by atoms with van der Waals surface area (Å²) in [5.41, 5.74) is 2.67. The first kappa shape index (κ1) is 20.9. The van der Waals surface area contributed by atoms with E-state index in [0.29, 0.717) is 32.1 Å². The van der Waals surface area contributed by atoms with Crippen LogP contribution in [0.3, 0.4) is 0 Å². The van der Waals surface area contributed by atoms with Crippen molar-refractivity contribution in [3.05, 3.63) is 92.7 Å². The molecule has 3 aromatic rings. The maximum Gasteiger partial charge on any atom is 0.175 e. The van der Waals surface area contributed by atoms with E-state index >= 15 is 0 Å². The van der Waals surface area contributed by atoms with Gasteiger partial charge in [0.05, 0.1) is 23.2 Å². The number of hydrogen-bond donors (Lipinski definition) is 0. The van der Waals surface area contributed by atoms with E-state index in [1.54, 1.807) is 43.5 Å². The van der Waals surface area contributed by atoms with Gasteiger partial charge < -0.3 is 9.47 Å². The zero-order chi connectivity index (χ0) is 20.8. The minimum atomic E-state index is -0.296. The second kappa shape index (κ2) is 9.60. The van der Waals surface area contributed by atoms with Crippen LogP contribution in [0.2, 0.25) is 5.02 Å². The predicted octanol–water partition coefficient (Wildman–Crippen LogP) is 6.89. The Hall–Kier alpha value is -2.81. The number of rotatable bonds is 6. The van der Waals surface area contributed by atoms with Crippen molar-refractivity contribution in [2.24, 2.45) is 0 Å². The SMILES string of the molecule is COc1cc(C=C(C#N)c2ccccc2Cl)cc(Br)c1OCc1ccc(F)cc1. The number of methoxy groups -OCH3 is 1. The second-order valence-corrected chi connectivity index (χ2v) is 7.36. The van der Waals surface area contributed by atoms with E-state index in [0.717, 1.165) is 11.1 Å². The molecule has 0 aliphatic heterocycles. The third-order valence-electron chi connectivity index (χ3n) is 4.14. The summed E-state index contributed by atoms with van der Waals surface area (Å²) in [5.74, 6) is 0.727. The molecule has 3 rings (SSSR count). The third-order valence-corrected chi connectivity index (χ3v) is 5.06. The number of benzene rings is 3. The minimum absolute atomic E-state index is 0.257. The summed E-state index contributed by atoms with van der Waals surface area (Å²) in [4.78, 5) is 0. The maximum absolute atomic E-state index is 13.1. The third kappa shape index (κ3) is 5.17. The Morgan fingerprint density at radius 3 is 2.55 bits per heavy atom. The lowest BCUT2D eigenvalue weighted by Gasteiger charge is -2.14. The van der Waals surface area contributed by atoms with Gasteiger partial charge in [-0.2, -0.15) is 5.26 Å². The topological polar surface area (TPSA) is 42.2 Å². The molecular formula is C23H16BrClFNO2. The number of ether oxygens (including phenoxy) is 2. The molecule has 0 spiro atoms. The van der Waals surface area contributed by atoms with Crippen molar-refractivity contribution < 1.29 is 13.9 Å². The molecule has 0 bridgehead atoms. The fraction of sp³-hybridized carbons (Fsp3) is 0.0870. The van der Waals surface area contributed by atoms with E-state index in [2.05, 4.69) is 22.0 Å². The van der Waals surface area contributed by atoms with Crippen LogP contribution in [-0.2, 0) is 6.61 Å². The van der Waals surface area contributed by atoms with Crippen molar-refractivity contribution in [3.8, 4) is 17.6 Å².